The van der Waals surface area contributed by atoms with E-state index in [1.807, 2.05) is 47.9 Å². The minimum Gasteiger partial charge on any atom is -0.299 e. The molecule has 4 rings (SSSR count). The van der Waals surface area contributed by atoms with E-state index in [2.05, 4.69) is 9.97 Å². The Kier molecular flexibility index (Phi) is 4.21. The SMILES string of the molecule is C[C@H]1C/C(=C\c2cc3ccccc3n2-c2ncccn2)C(=O)CCC1=O. The Morgan fingerprint density at radius 2 is 1.85 bits per heavy atom. The zero-order valence-corrected chi connectivity index (χ0v) is 14.6. The molecule has 2 heterocycles. The Labute approximate surface area is 151 Å². The number of aromatic nitrogens is 3. The number of carbonyl (C=O) groups is 2. The zero-order chi connectivity index (χ0) is 18.1. The molecule has 0 saturated heterocycles. The summed E-state index contributed by atoms with van der Waals surface area (Å²) in [6.07, 6.45) is 6.40. The maximum Gasteiger partial charge on any atom is 0.234 e. The number of carbonyl (C=O) groups excluding carboxylic acids is 2. The highest BCUT2D eigenvalue weighted by atomic mass is 16.1. The van der Waals surface area contributed by atoms with Crippen LogP contribution in [0, 0.1) is 5.92 Å². The lowest BCUT2D eigenvalue weighted by Gasteiger charge is -2.09. The molecule has 1 fully saturated rings. The number of nitrogens with zero attached hydrogens (tertiary/aromatic N) is 3. The van der Waals surface area contributed by atoms with Gasteiger partial charge in [0, 0.05) is 36.5 Å². The van der Waals surface area contributed by atoms with Crippen molar-refractivity contribution in [2.45, 2.75) is 26.2 Å². The number of hydrogen-bond acceptors (Lipinski definition) is 4. The second-order valence-corrected chi connectivity index (χ2v) is 6.68. The summed E-state index contributed by atoms with van der Waals surface area (Å²) in [5.74, 6) is 0.645. The van der Waals surface area contributed by atoms with Crippen LogP contribution in [0.5, 0.6) is 0 Å². The van der Waals surface area contributed by atoms with Gasteiger partial charge in [-0.25, -0.2) is 9.97 Å². The first-order valence-electron chi connectivity index (χ1n) is 8.78. The minimum absolute atomic E-state index is 0.0495. The number of benzene rings is 1. The van der Waals surface area contributed by atoms with Crippen LogP contribution in [-0.4, -0.2) is 26.1 Å². The highest BCUT2D eigenvalue weighted by molar-refractivity contribution is 6.04. The molecule has 0 unspecified atom stereocenters. The molecule has 130 valence electrons. The smallest absolute Gasteiger partial charge is 0.234 e. The van der Waals surface area contributed by atoms with Gasteiger partial charge >= 0.3 is 0 Å². The lowest BCUT2D eigenvalue weighted by atomic mass is 9.98. The number of para-hydroxylation sites is 1. The van der Waals surface area contributed by atoms with E-state index in [4.69, 9.17) is 0 Å². The third kappa shape index (κ3) is 2.96. The van der Waals surface area contributed by atoms with E-state index in [9.17, 15) is 9.59 Å². The topological polar surface area (TPSA) is 64.8 Å². The van der Waals surface area contributed by atoms with Crippen molar-refractivity contribution in [1.29, 1.82) is 0 Å². The van der Waals surface area contributed by atoms with Crippen molar-refractivity contribution < 1.29 is 9.59 Å². The summed E-state index contributed by atoms with van der Waals surface area (Å²) in [6, 6.07) is 11.8. The fourth-order valence-electron chi connectivity index (χ4n) is 3.43. The molecule has 0 amide bonds. The van der Waals surface area contributed by atoms with Gasteiger partial charge in [0.2, 0.25) is 5.95 Å². The highest BCUT2D eigenvalue weighted by Crippen LogP contribution is 2.28. The number of Topliss-reactive ketones (excluding diaryl/α,β-unsaturated/α-hetero) is 2. The largest absolute Gasteiger partial charge is 0.299 e. The van der Waals surface area contributed by atoms with Crippen LogP contribution in [0.2, 0.25) is 0 Å². The monoisotopic (exact) mass is 345 g/mol. The van der Waals surface area contributed by atoms with Gasteiger partial charge in [-0.1, -0.05) is 25.1 Å². The summed E-state index contributed by atoms with van der Waals surface area (Å²) < 4.78 is 1.95. The van der Waals surface area contributed by atoms with E-state index in [0.717, 1.165) is 16.6 Å². The molecular formula is C21H19N3O2. The summed E-state index contributed by atoms with van der Waals surface area (Å²) in [5, 5.41) is 1.05. The molecule has 1 aliphatic rings. The molecular weight excluding hydrogens is 326 g/mol. The summed E-state index contributed by atoms with van der Waals surface area (Å²) in [7, 11) is 0. The van der Waals surface area contributed by atoms with Crippen LogP contribution in [0.1, 0.15) is 31.9 Å². The van der Waals surface area contributed by atoms with Crippen molar-refractivity contribution in [3.05, 3.63) is 60.1 Å². The second-order valence-electron chi connectivity index (χ2n) is 6.68. The fourth-order valence-corrected chi connectivity index (χ4v) is 3.43. The minimum atomic E-state index is -0.126. The van der Waals surface area contributed by atoms with Crippen molar-refractivity contribution in [2.75, 3.05) is 0 Å². The summed E-state index contributed by atoms with van der Waals surface area (Å²) in [4.78, 5) is 33.2. The van der Waals surface area contributed by atoms with Gasteiger partial charge < -0.3 is 0 Å². The lowest BCUT2D eigenvalue weighted by Crippen LogP contribution is -2.08. The zero-order valence-electron chi connectivity index (χ0n) is 14.6. The van der Waals surface area contributed by atoms with Crippen LogP contribution in [-0.2, 0) is 9.59 Å². The Hall–Kier alpha value is -3.08. The molecule has 0 N–H and O–H groups in total. The van der Waals surface area contributed by atoms with Gasteiger partial charge in [0.15, 0.2) is 5.78 Å². The Bertz CT molecular complexity index is 1020. The predicted molar refractivity (Wildman–Crippen MR) is 99.9 cm³/mol. The molecule has 1 atom stereocenters. The van der Waals surface area contributed by atoms with Gasteiger partial charge in [0.1, 0.15) is 5.78 Å². The van der Waals surface area contributed by atoms with Gasteiger partial charge in [-0.05, 0) is 36.3 Å². The van der Waals surface area contributed by atoms with Crippen LogP contribution < -0.4 is 0 Å². The number of allylic oxidation sites excluding steroid dienone is 1. The van der Waals surface area contributed by atoms with Crippen LogP contribution >= 0.6 is 0 Å². The molecule has 2 aromatic heterocycles. The van der Waals surface area contributed by atoms with Gasteiger partial charge in [0.25, 0.3) is 0 Å². The van der Waals surface area contributed by atoms with E-state index >= 15 is 0 Å². The van der Waals surface area contributed by atoms with E-state index < -0.39 is 0 Å². The fraction of sp³-hybridized carbons (Fsp3) is 0.238. The molecule has 3 aromatic rings. The van der Waals surface area contributed by atoms with E-state index in [-0.39, 0.29) is 23.9 Å². The molecule has 5 heteroatoms. The summed E-state index contributed by atoms with van der Waals surface area (Å²) in [5.41, 5.74) is 2.53. The maximum absolute atomic E-state index is 12.5. The second kappa shape index (κ2) is 6.67. The average molecular weight is 345 g/mol. The molecule has 0 spiro atoms. The van der Waals surface area contributed by atoms with Crippen molar-refractivity contribution in [3.63, 3.8) is 0 Å². The molecule has 0 aliphatic heterocycles. The third-order valence-electron chi connectivity index (χ3n) is 4.85. The van der Waals surface area contributed by atoms with Crippen molar-refractivity contribution in [1.82, 2.24) is 14.5 Å². The van der Waals surface area contributed by atoms with E-state index in [1.54, 1.807) is 18.5 Å². The molecule has 1 aromatic carbocycles. The van der Waals surface area contributed by atoms with Gasteiger partial charge in [0.05, 0.1) is 11.2 Å². The third-order valence-corrected chi connectivity index (χ3v) is 4.85. The molecule has 26 heavy (non-hydrogen) atoms. The first kappa shape index (κ1) is 16.4. The van der Waals surface area contributed by atoms with Crippen molar-refractivity contribution in [2.24, 2.45) is 5.92 Å². The van der Waals surface area contributed by atoms with Crippen LogP contribution in [0.15, 0.2) is 54.4 Å². The Morgan fingerprint density at radius 3 is 2.65 bits per heavy atom. The maximum atomic E-state index is 12.5. The Balaban J connectivity index is 1.89. The number of rotatable bonds is 2. The van der Waals surface area contributed by atoms with Crippen LogP contribution in [0.25, 0.3) is 22.9 Å². The summed E-state index contributed by atoms with van der Waals surface area (Å²) >= 11 is 0. The van der Waals surface area contributed by atoms with E-state index in [1.165, 1.54) is 0 Å². The number of fused-ring (bicyclic) bond motifs is 1. The summed E-state index contributed by atoms with van der Waals surface area (Å²) in [6.45, 7) is 1.89. The Morgan fingerprint density at radius 1 is 1.08 bits per heavy atom. The first-order chi connectivity index (χ1) is 12.6. The molecule has 0 radical (unpaired) electrons. The average Bonchev–Trinajstić information content (AvgIpc) is 2.98. The quantitative estimate of drug-likeness (QED) is 0.524. The molecule has 1 aliphatic carbocycles. The van der Waals surface area contributed by atoms with Crippen molar-refractivity contribution in [3.8, 4) is 5.95 Å². The number of hydrogen-bond donors (Lipinski definition) is 0. The first-order valence-corrected chi connectivity index (χ1v) is 8.78. The molecule has 1 saturated carbocycles. The molecule has 0 bridgehead atoms. The van der Waals surface area contributed by atoms with E-state index in [0.29, 0.717) is 24.4 Å². The van der Waals surface area contributed by atoms with Gasteiger partial charge in [-0.15, -0.1) is 0 Å². The molecule has 5 nitrogen and oxygen atoms in total. The standard InChI is InChI=1S/C21H19N3O2/c1-14-11-16(20(26)8-7-19(14)25)13-17-12-15-5-2-3-6-18(15)24(17)21-22-9-4-10-23-21/h2-6,9-10,12-14H,7-8,11H2,1H3/b16-13+/t14-/m0/s1. The lowest BCUT2D eigenvalue weighted by molar-refractivity contribution is -0.123. The number of ketones is 2. The van der Waals surface area contributed by atoms with Gasteiger partial charge in [-0.3, -0.25) is 14.2 Å². The van der Waals surface area contributed by atoms with Crippen LogP contribution in [0.3, 0.4) is 0 Å². The van der Waals surface area contributed by atoms with Crippen molar-refractivity contribution >= 4 is 28.5 Å². The highest BCUT2D eigenvalue weighted by Gasteiger charge is 2.24. The predicted octanol–water partition coefficient (Wildman–Crippen LogP) is 3.76. The normalized spacial score (nSPS) is 19.9. The van der Waals surface area contributed by atoms with Crippen LogP contribution in [0.4, 0.5) is 0 Å². The van der Waals surface area contributed by atoms with Gasteiger partial charge in [-0.2, -0.15) is 0 Å².